The molecule has 1 aliphatic rings. The zero-order chi connectivity index (χ0) is 17.5. The van der Waals surface area contributed by atoms with Gasteiger partial charge in [-0.05, 0) is 44.5 Å². The Morgan fingerprint density at radius 2 is 2.16 bits per heavy atom. The lowest BCUT2D eigenvalue weighted by molar-refractivity contribution is -0.121. The minimum Gasteiger partial charge on any atom is -0.352 e. The molecule has 0 spiro atoms. The van der Waals surface area contributed by atoms with Crippen LogP contribution in [0.5, 0.6) is 0 Å². The number of likely N-dealkylation sites (tertiary alicyclic amines) is 1. The fourth-order valence-corrected chi connectivity index (χ4v) is 3.96. The number of nitrogens with zero attached hydrogens (tertiary/aromatic N) is 3. The SMILES string of the molecule is CC[C@H](CN1CCCCC1)NC(=O)Cc1csc(-c2ccccn2)n1. The molecule has 0 bridgehead atoms. The second kappa shape index (κ2) is 9.06. The fourth-order valence-electron chi connectivity index (χ4n) is 3.17. The van der Waals surface area contributed by atoms with E-state index in [1.165, 1.54) is 30.6 Å². The van der Waals surface area contributed by atoms with E-state index in [4.69, 9.17) is 0 Å². The Hall–Kier alpha value is -1.79. The standard InChI is InChI=1S/C19H26N4OS/c1-2-15(13-23-10-6-3-7-11-23)21-18(24)12-16-14-25-19(22-16)17-8-4-5-9-20-17/h4-5,8-9,14-15H,2-3,6-7,10-13H2,1H3,(H,21,24)/t15-/m1/s1. The van der Waals surface area contributed by atoms with Crippen LogP contribution in [0.1, 0.15) is 38.3 Å². The molecule has 3 heterocycles. The summed E-state index contributed by atoms with van der Waals surface area (Å²) in [5.74, 6) is 0.0572. The molecule has 3 rings (SSSR count). The zero-order valence-electron chi connectivity index (χ0n) is 14.8. The predicted octanol–water partition coefficient (Wildman–Crippen LogP) is 3.13. The summed E-state index contributed by atoms with van der Waals surface area (Å²) >= 11 is 1.54. The summed E-state index contributed by atoms with van der Waals surface area (Å²) < 4.78 is 0. The third-order valence-corrected chi connectivity index (χ3v) is 5.48. The smallest absolute Gasteiger partial charge is 0.226 e. The molecule has 1 atom stereocenters. The Labute approximate surface area is 153 Å². The Bertz CT molecular complexity index is 667. The van der Waals surface area contributed by atoms with Gasteiger partial charge in [-0.1, -0.05) is 19.4 Å². The predicted molar refractivity (Wildman–Crippen MR) is 102 cm³/mol. The number of nitrogens with one attached hydrogen (secondary N) is 1. The number of piperidine rings is 1. The summed E-state index contributed by atoms with van der Waals surface area (Å²) in [4.78, 5) is 23.7. The van der Waals surface area contributed by atoms with Crippen LogP contribution in [0.25, 0.3) is 10.7 Å². The average Bonchev–Trinajstić information content (AvgIpc) is 3.11. The number of hydrogen-bond acceptors (Lipinski definition) is 5. The van der Waals surface area contributed by atoms with Crippen LogP contribution in [0.2, 0.25) is 0 Å². The highest BCUT2D eigenvalue weighted by Crippen LogP contribution is 2.21. The molecule has 1 saturated heterocycles. The van der Waals surface area contributed by atoms with Crippen molar-refractivity contribution in [3.63, 3.8) is 0 Å². The number of thiazole rings is 1. The van der Waals surface area contributed by atoms with E-state index in [0.717, 1.165) is 42.5 Å². The molecule has 25 heavy (non-hydrogen) atoms. The fraction of sp³-hybridized carbons (Fsp3) is 0.526. The van der Waals surface area contributed by atoms with Gasteiger partial charge in [-0.15, -0.1) is 11.3 Å². The molecule has 0 aliphatic carbocycles. The molecule has 1 aliphatic heterocycles. The topological polar surface area (TPSA) is 58.1 Å². The maximum atomic E-state index is 12.4. The van der Waals surface area contributed by atoms with Crippen molar-refractivity contribution in [1.82, 2.24) is 20.2 Å². The van der Waals surface area contributed by atoms with Gasteiger partial charge in [0.1, 0.15) is 5.01 Å². The van der Waals surface area contributed by atoms with Crippen LogP contribution in [0.4, 0.5) is 0 Å². The first-order chi connectivity index (χ1) is 12.2. The molecule has 0 radical (unpaired) electrons. The van der Waals surface area contributed by atoms with Crippen LogP contribution in [-0.2, 0) is 11.2 Å². The molecule has 2 aromatic rings. The highest BCUT2D eigenvalue weighted by atomic mass is 32.1. The van der Waals surface area contributed by atoms with Crippen LogP contribution in [0, 0.1) is 0 Å². The van der Waals surface area contributed by atoms with E-state index in [9.17, 15) is 4.79 Å². The molecular formula is C19H26N4OS. The molecule has 2 aromatic heterocycles. The summed E-state index contributed by atoms with van der Waals surface area (Å²) in [5.41, 5.74) is 1.67. The number of rotatable bonds is 7. The number of carbonyl (C=O) groups excluding carboxylic acids is 1. The second-order valence-electron chi connectivity index (χ2n) is 6.57. The van der Waals surface area contributed by atoms with Crippen molar-refractivity contribution >= 4 is 17.2 Å². The normalized spacial score (nSPS) is 16.5. The van der Waals surface area contributed by atoms with Gasteiger partial charge in [0.05, 0.1) is 17.8 Å². The monoisotopic (exact) mass is 358 g/mol. The van der Waals surface area contributed by atoms with E-state index in [1.54, 1.807) is 6.20 Å². The third kappa shape index (κ3) is 5.34. The van der Waals surface area contributed by atoms with Gasteiger partial charge in [-0.3, -0.25) is 9.78 Å². The highest BCUT2D eigenvalue weighted by molar-refractivity contribution is 7.13. The molecule has 6 heteroatoms. The van der Waals surface area contributed by atoms with Gasteiger partial charge in [-0.25, -0.2) is 4.98 Å². The number of aromatic nitrogens is 2. The lowest BCUT2D eigenvalue weighted by Crippen LogP contribution is -2.45. The van der Waals surface area contributed by atoms with Gasteiger partial charge in [-0.2, -0.15) is 0 Å². The maximum absolute atomic E-state index is 12.4. The van der Waals surface area contributed by atoms with Crippen molar-refractivity contribution in [3.8, 4) is 10.7 Å². The Morgan fingerprint density at radius 1 is 1.32 bits per heavy atom. The number of amides is 1. The Kier molecular flexibility index (Phi) is 6.53. The molecule has 1 fully saturated rings. The first-order valence-electron chi connectivity index (χ1n) is 9.12. The molecular weight excluding hydrogens is 332 g/mol. The quantitative estimate of drug-likeness (QED) is 0.826. The lowest BCUT2D eigenvalue weighted by atomic mass is 10.1. The first-order valence-corrected chi connectivity index (χ1v) is 10.00. The summed E-state index contributed by atoms with van der Waals surface area (Å²) in [6.07, 6.45) is 6.94. The van der Waals surface area contributed by atoms with Crippen molar-refractivity contribution in [2.75, 3.05) is 19.6 Å². The van der Waals surface area contributed by atoms with Crippen LogP contribution in [-0.4, -0.2) is 46.5 Å². The molecule has 1 amide bonds. The van der Waals surface area contributed by atoms with Gasteiger partial charge >= 0.3 is 0 Å². The third-order valence-electron chi connectivity index (χ3n) is 4.56. The van der Waals surface area contributed by atoms with Crippen LogP contribution >= 0.6 is 11.3 Å². The van der Waals surface area contributed by atoms with E-state index < -0.39 is 0 Å². The summed E-state index contributed by atoms with van der Waals surface area (Å²) in [5, 5.41) is 6.00. The van der Waals surface area contributed by atoms with Crippen LogP contribution in [0.3, 0.4) is 0 Å². The van der Waals surface area contributed by atoms with Crippen molar-refractivity contribution in [3.05, 3.63) is 35.5 Å². The highest BCUT2D eigenvalue weighted by Gasteiger charge is 2.18. The summed E-state index contributed by atoms with van der Waals surface area (Å²) in [6.45, 7) is 5.41. The van der Waals surface area contributed by atoms with E-state index in [-0.39, 0.29) is 11.9 Å². The Balaban J connectivity index is 1.52. The molecule has 5 nitrogen and oxygen atoms in total. The first kappa shape index (κ1) is 18.0. The lowest BCUT2D eigenvalue weighted by Gasteiger charge is -2.30. The van der Waals surface area contributed by atoms with Crippen molar-refractivity contribution in [2.24, 2.45) is 0 Å². The minimum atomic E-state index is 0.0572. The van der Waals surface area contributed by atoms with Crippen LogP contribution < -0.4 is 5.32 Å². The van der Waals surface area contributed by atoms with E-state index in [0.29, 0.717) is 6.42 Å². The summed E-state index contributed by atoms with van der Waals surface area (Å²) in [6, 6.07) is 6.00. The van der Waals surface area contributed by atoms with Gasteiger partial charge in [0, 0.05) is 24.2 Å². The molecule has 0 unspecified atom stereocenters. The van der Waals surface area contributed by atoms with Crippen molar-refractivity contribution in [1.29, 1.82) is 0 Å². The Morgan fingerprint density at radius 3 is 2.88 bits per heavy atom. The zero-order valence-corrected chi connectivity index (χ0v) is 15.6. The van der Waals surface area contributed by atoms with Crippen molar-refractivity contribution < 1.29 is 4.79 Å². The minimum absolute atomic E-state index is 0.0572. The van der Waals surface area contributed by atoms with E-state index in [2.05, 4.69) is 27.1 Å². The number of pyridine rings is 1. The molecule has 0 saturated carbocycles. The maximum Gasteiger partial charge on any atom is 0.226 e. The number of carbonyl (C=O) groups is 1. The number of hydrogen-bond donors (Lipinski definition) is 1. The second-order valence-corrected chi connectivity index (χ2v) is 7.43. The molecule has 1 N–H and O–H groups in total. The average molecular weight is 359 g/mol. The van der Waals surface area contributed by atoms with E-state index in [1.807, 2.05) is 23.6 Å². The summed E-state index contributed by atoms with van der Waals surface area (Å²) in [7, 11) is 0. The van der Waals surface area contributed by atoms with Gasteiger partial charge in [0.15, 0.2) is 0 Å². The van der Waals surface area contributed by atoms with Crippen LogP contribution in [0.15, 0.2) is 29.8 Å². The largest absolute Gasteiger partial charge is 0.352 e. The van der Waals surface area contributed by atoms with Crippen molar-refractivity contribution in [2.45, 2.75) is 45.1 Å². The van der Waals surface area contributed by atoms with E-state index >= 15 is 0 Å². The van der Waals surface area contributed by atoms with Gasteiger partial charge < -0.3 is 10.2 Å². The molecule has 134 valence electrons. The van der Waals surface area contributed by atoms with Gasteiger partial charge in [0.25, 0.3) is 0 Å². The van der Waals surface area contributed by atoms with Gasteiger partial charge in [0.2, 0.25) is 5.91 Å². The molecule has 0 aromatic carbocycles.